The third kappa shape index (κ3) is 2.48. The summed E-state index contributed by atoms with van der Waals surface area (Å²) in [6, 6.07) is 8.54. The third-order valence-electron chi connectivity index (χ3n) is 3.67. The number of hydrogen-bond donors (Lipinski definition) is 0. The molecule has 0 aromatic heterocycles. The summed E-state index contributed by atoms with van der Waals surface area (Å²) in [5, 5.41) is 0.746. The van der Waals surface area contributed by atoms with Crippen LogP contribution in [0.2, 0.25) is 0 Å². The van der Waals surface area contributed by atoms with Gasteiger partial charge < -0.3 is 4.90 Å². The smallest absolute Gasteiger partial charge is 0.0447 e. The predicted octanol–water partition coefficient (Wildman–Crippen LogP) is 5.00. The maximum atomic E-state index is 6.12. The summed E-state index contributed by atoms with van der Waals surface area (Å²) in [7, 11) is 2.11. The minimum absolute atomic E-state index is 0.00887. The topological polar surface area (TPSA) is 3.24 Å². The second kappa shape index (κ2) is 5.26. The lowest BCUT2D eigenvalue weighted by Gasteiger charge is -2.23. The summed E-state index contributed by atoms with van der Waals surface area (Å²) in [6.07, 6.45) is 7.91. The second-order valence-electron chi connectivity index (χ2n) is 5.30. The monoisotopic (exact) mass is 273 g/mol. The number of likely N-dealkylation sites (N-methyl/N-ethyl adjacent to an activating group) is 1. The lowest BCUT2D eigenvalue weighted by atomic mass is 9.84. The van der Waals surface area contributed by atoms with Crippen LogP contribution in [0.4, 0.5) is 5.69 Å². The first-order chi connectivity index (χ1) is 8.98. The van der Waals surface area contributed by atoms with Crippen molar-refractivity contribution in [2.75, 3.05) is 11.9 Å². The highest BCUT2D eigenvalue weighted by molar-refractivity contribution is 6.31. The molecule has 100 valence electrons. The van der Waals surface area contributed by atoms with Crippen molar-refractivity contribution in [2.24, 2.45) is 0 Å². The van der Waals surface area contributed by atoms with Crippen molar-refractivity contribution < 1.29 is 0 Å². The van der Waals surface area contributed by atoms with Gasteiger partial charge in [-0.2, -0.15) is 0 Å². The summed E-state index contributed by atoms with van der Waals surface area (Å²) in [5.74, 6) is 0. The predicted molar refractivity (Wildman–Crippen MR) is 84.7 cm³/mol. The van der Waals surface area contributed by atoms with E-state index in [1.165, 1.54) is 16.9 Å². The molecule has 0 aliphatic carbocycles. The zero-order chi connectivity index (χ0) is 14.0. The lowest BCUT2D eigenvalue weighted by Crippen LogP contribution is -2.22. The van der Waals surface area contributed by atoms with E-state index in [0.717, 1.165) is 5.03 Å². The van der Waals surface area contributed by atoms with Crippen molar-refractivity contribution in [3.63, 3.8) is 0 Å². The van der Waals surface area contributed by atoms with Crippen molar-refractivity contribution in [3.8, 4) is 0 Å². The average Bonchev–Trinajstić information content (AvgIpc) is 2.57. The van der Waals surface area contributed by atoms with Crippen molar-refractivity contribution in [2.45, 2.75) is 26.2 Å². The Morgan fingerprint density at radius 1 is 1.26 bits per heavy atom. The van der Waals surface area contributed by atoms with Gasteiger partial charge in [-0.05, 0) is 36.8 Å². The second-order valence-corrected chi connectivity index (χ2v) is 5.74. The highest BCUT2D eigenvalue weighted by atomic mass is 35.5. The van der Waals surface area contributed by atoms with Crippen LogP contribution in [0.25, 0.3) is 0 Å². The van der Waals surface area contributed by atoms with Gasteiger partial charge in [0.05, 0.1) is 0 Å². The van der Waals surface area contributed by atoms with Gasteiger partial charge in [0.1, 0.15) is 0 Å². The van der Waals surface area contributed by atoms with E-state index in [-0.39, 0.29) is 5.41 Å². The van der Waals surface area contributed by atoms with Gasteiger partial charge in [0.25, 0.3) is 0 Å². The van der Waals surface area contributed by atoms with E-state index >= 15 is 0 Å². The van der Waals surface area contributed by atoms with Gasteiger partial charge in [-0.15, -0.1) is 0 Å². The number of rotatable bonds is 2. The molecule has 0 radical (unpaired) electrons. The fourth-order valence-electron chi connectivity index (χ4n) is 2.68. The zero-order valence-electron chi connectivity index (χ0n) is 11.9. The average molecular weight is 274 g/mol. The van der Waals surface area contributed by atoms with Gasteiger partial charge >= 0.3 is 0 Å². The number of anilines is 1. The quantitative estimate of drug-likeness (QED) is 0.686. The van der Waals surface area contributed by atoms with Crippen LogP contribution in [0.1, 0.15) is 26.3 Å². The molecule has 1 aliphatic rings. The molecule has 0 spiro atoms. The first-order valence-electron chi connectivity index (χ1n) is 6.52. The molecule has 0 bridgehead atoms. The van der Waals surface area contributed by atoms with Crippen LogP contribution in [0.15, 0.2) is 59.3 Å². The largest absolute Gasteiger partial charge is 0.347 e. The van der Waals surface area contributed by atoms with Crippen LogP contribution in [0.3, 0.4) is 0 Å². The van der Waals surface area contributed by atoms with Gasteiger partial charge in [0.2, 0.25) is 0 Å². The van der Waals surface area contributed by atoms with E-state index in [9.17, 15) is 0 Å². The van der Waals surface area contributed by atoms with Crippen LogP contribution in [-0.4, -0.2) is 7.05 Å². The van der Waals surface area contributed by atoms with E-state index < -0.39 is 0 Å². The highest BCUT2D eigenvalue weighted by Crippen LogP contribution is 2.46. The fraction of sp³-hybridized carbons (Fsp3) is 0.294. The lowest BCUT2D eigenvalue weighted by molar-refractivity contribution is 0.640. The Kier molecular flexibility index (Phi) is 3.86. The molecule has 19 heavy (non-hydrogen) atoms. The Morgan fingerprint density at radius 3 is 2.58 bits per heavy atom. The molecule has 1 aliphatic heterocycles. The minimum Gasteiger partial charge on any atom is -0.347 e. The van der Waals surface area contributed by atoms with Gasteiger partial charge in [-0.1, -0.05) is 49.7 Å². The Hall–Kier alpha value is -1.47. The van der Waals surface area contributed by atoms with E-state index in [1.807, 2.05) is 25.2 Å². The molecule has 0 saturated carbocycles. The molecular weight excluding hydrogens is 254 g/mol. The van der Waals surface area contributed by atoms with E-state index in [2.05, 4.69) is 56.1 Å². The highest BCUT2D eigenvalue weighted by Gasteiger charge is 2.37. The molecule has 1 aromatic carbocycles. The molecular formula is C17H20ClN. The van der Waals surface area contributed by atoms with Gasteiger partial charge in [-0.3, -0.25) is 0 Å². The van der Waals surface area contributed by atoms with Crippen molar-refractivity contribution in [1.82, 2.24) is 0 Å². The summed E-state index contributed by atoms with van der Waals surface area (Å²) >= 11 is 6.12. The van der Waals surface area contributed by atoms with E-state index in [1.54, 1.807) is 0 Å². The number of allylic oxidation sites excluding steroid dienone is 6. The number of nitrogens with zero attached hydrogens (tertiary/aromatic N) is 1. The molecule has 0 unspecified atom stereocenters. The summed E-state index contributed by atoms with van der Waals surface area (Å²) in [4.78, 5) is 2.24. The van der Waals surface area contributed by atoms with Crippen LogP contribution < -0.4 is 4.90 Å². The first-order valence-corrected chi connectivity index (χ1v) is 6.90. The molecule has 2 rings (SSSR count). The zero-order valence-corrected chi connectivity index (χ0v) is 12.7. The number of hydrogen-bond acceptors (Lipinski definition) is 1. The Labute approximate surface area is 120 Å². The molecule has 1 nitrogen and oxygen atoms in total. The molecule has 0 fully saturated rings. The Balaban J connectivity index is 2.45. The number of fused-ring (bicyclic) bond motifs is 1. The van der Waals surface area contributed by atoms with Crippen molar-refractivity contribution in [1.29, 1.82) is 0 Å². The van der Waals surface area contributed by atoms with Crippen LogP contribution in [0.5, 0.6) is 0 Å². The number of para-hydroxylation sites is 1. The SMILES string of the molecule is C/C=C/C(Cl)=C/C=C1\N(C)c2ccccc2C1(C)C. The van der Waals surface area contributed by atoms with Crippen LogP contribution in [-0.2, 0) is 5.41 Å². The molecule has 0 N–H and O–H groups in total. The first kappa shape index (κ1) is 14.0. The van der Waals surface area contributed by atoms with Crippen LogP contribution >= 0.6 is 11.6 Å². The van der Waals surface area contributed by atoms with Gasteiger partial charge in [0, 0.05) is 28.9 Å². The normalized spacial score (nSPS) is 20.4. The van der Waals surface area contributed by atoms with E-state index in [4.69, 9.17) is 11.6 Å². The van der Waals surface area contributed by atoms with Crippen molar-refractivity contribution >= 4 is 17.3 Å². The minimum atomic E-state index is 0.00887. The molecule has 1 aromatic rings. The fourth-order valence-corrected chi connectivity index (χ4v) is 2.86. The van der Waals surface area contributed by atoms with Gasteiger partial charge in [0.15, 0.2) is 0 Å². The van der Waals surface area contributed by atoms with Crippen molar-refractivity contribution in [3.05, 3.63) is 64.9 Å². The molecule has 0 amide bonds. The third-order valence-corrected chi connectivity index (χ3v) is 3.92. The maximum absolute atomic E-state index is 6.12. The standard InChI is InChI=1S/C17H20ClN/c1-5-8-13(18)11-12-16-17(2,3)14-9-6-7-10-15(14)19(16)4/h5-12H,1-4H3/b8-5+,13-11-,16-12-. The van der Waals surface area contributed by atoms with Gasteiger partial charge in [-0.25, -0.2) is 0 Å². The summed E-state index contributed by atoms with van der Waals surface area (Å²) in [6.45, 7) is 6.46. The Morgan fingerprint density at radius 2 is 1.95 bits per heavy atom. The van der Waals surface area contributed by atoms with Crippen LogP contribution in [0, 0.1) is 0 Å². The number of halogens is 1. The van der Waals surface area contributed by atoms with E-state index in [0.29, 0.717) is 0 Å². The summed E-state index contributed by atoms with van der Waals surface area (Å²) in [5.41, 5.74) is 3.90. The molecule has 0 saturated heterocycles. The summed E-state index contributed by atoms with van der Waals surface area (Å²) < 4.78 is 0. The Bertz CT molecular complexity index is 564. The number of benzene rings is 1. The maximum Gasteiger partial charge on any atom is 0.0447 e. The molecule has 1 heterocycles. The molecule has 2 heteroatoms. The molecule has 0 atom stereocenters.